The topological polar surface area (TPSA) is 52.6 Å². The van der Waals surface area contributed by atoms with Gasteiger partial charge in [-0.1, -0.05) is 24.3 Å². The van der Waals surface area contributed by atoms with Crippen molar-refractivity contribution in [1.82, 2.24) is 20.5 Å². The van der Waals surface area contributed by atoms with E-state index in [9.17, 15) is 13.2 Å². The van der Waals surface area contributed by atoms with Gasteiger partial charge >= 0.3 is 6.18 Å². The first-order valence-electron chi connectivity index (χ1n) is 9.71. The first kappa shape index (κ1) is 21.6. The number of rotatable bonds is 7. The molecule has 2 N–H and O–H groups in total. The fourth-order valence-electron chi connectivity index (χ4n) is 3.32. The molecular formula is C20H26F3N5S. The summed E-state index contributed by atoms with van der Waals surface area (Å²) < 4.78 is 37.7. The number of hydrogen-bond acceptors (Lipinski definition) is 4. The molecule has 0 bridgehead atoms. The lowest BCUT2D eigenvalue weighted by molar-refractivity contribution is -0.140. The van der Waals surface area contributed by atoms with Crippen LogP contribution < -0.4 is 10.6 Å². The third-order valence-electron chi connectivity index (χ3n) is 4.85. The Balaban J connectivity index is 1.32. The molecule has 29 heavy (non-hydrogen) atoms. The summed E-state index contributed by atoms with van der Waals surface area (Å²) in [5.41, 5.74) is 2.05. The Hall–Kier alpha value is -2.13. The van der Waals surface area contributed by atoms with E-state index in [0.29, 0.717) is 23.9 Å². The maximum Gasteiger partial charge on any atom is 0.434 e. The van der Waals surface area contributed by atoms with Gasteiger partial charge in [0.25, 0.3) is 0 Å². The Kier molecular flexibility index (Phi) is 7.49. The number of nitrogens with one attached hydrogen (secondary N) is 2. The van der Waals surface area contributed by atoms with Gasteiger partial charge in [-0.25, -0.2) is 4.98 Å². The quantitative estimate of drug-likeness (QED) is 0.406. The predicted molar refractivity (Wildman–Crippen MR) is 110 cm³/mol. The lowest BCUT2D eigenvalue weighted by Gasteiger charge is -2.28. The third kappa shape index (κ3) is 6.43. The molecule has 1 aromatic carbocycles. The van der Waals surface area contributed by atoms with Crippen molar-refractivity contribution in [2.75, 3.05) is 33.2 Å². The second-order valence-corrected chi connectivity index (χ2v) is 7.89. The normalized spacial score (nSPS) is 15.2. The van der Waals surface area contributed by atoms with Crippen molar-refractivity contribution in [2.24, 2.45) is 4.99 Å². The van der Waals surface area contributed by atoms with Gasteiger partial charge in [0.15, 0.2) is 11.7 Å². The maximum atomic E-state index is 12.6. The second-order valence-electron chi connectivity index (χ2n) is 6.95. The molecule has 2 heterocycles. The molecule has 5 nitrogen and oxygen atoms in total. The van der Waals surface area contributed by atoms with Crippen LogP contribution in [0.5, 0.6) is 0 Å². The van der Waals surface area contributed by atoms with E-state index in [0.717, 1.165) is 55.7 Å². The van der Waals surface area contributed by atoms with E-state index in [-0.39, 0.29) is 0 Å². The van der Waals surface area contributed by atoms with E-state index in [1.165, 1.54) is 11.1 Å². The van der Waals surface area contributed by atoms with Crippen LogP contribution in [-0.4, -0.2) is 49.1 Å². The molecule has 0 spiro atoms. The highest BCUT2D eigenvalue weighted by Gasteiger charge is 2.33. The van der Waals surface area contributed by atoms with Crippen molar-refractivity contribution in [3.8, 4) is 0 Å². The van der Waals surface area contributed by atoms with Gasteiger partial charge in [-0.05, 0) is 24.0 Å². The van der Waals surface area contributed by atoms with E-state index in [4.69, 9.17) is 0 Å². The monoisotopic (exact) mass is 425 g/mol. The average molecular weight is 426 g/mol. The van der Waals surface area contributed by atoms with E-state index in [1.807, 2.05) is 0 Å². The van der Waals surface area contributed by atoms with Gasteiger partial charge in [0.05, 0.1) is 5.01 Å². The van der Waals surface area contributed by atoms with Crippen molar-refractivity contribution in [1.29, 1.82) is 0 Å². The number of aromatic nitrogens is 1. The van der Waals surface area contributed by atoms with Gasteiger partial charge in [-0.2, -0.15) is 13.2 Å². The highest BCUT2D eigenvalue weighted by molar-refractivity contribution is 7.09. The largest absolute Gasteiger partial charge is 0.434 e. The fourth-order valence-corrected chi connectivity index (χ4v) is 4.12. The molecule has 0 amide bonds. The van der Waals surface area contributed by atoms with Crippen LogP contribution in [0.3, 0.4) is 0 Å². The van der Waals surface area contributed by atoms with E-state index in [1.54, 1.807) is 7.05 Å². The molecule has 0 radical (unpaired) electrons. The molecule has 0 saturated carbocycles. The first-order valence-corrected chi connectivity index (χ1v) is 10.6. The van der Waals surface area contributed by atoms with Crippen molar-refractivity contribution in [2.45, 2.75) is 32.0 Å². The molecule has 0 fully saturated rings. The van der Waals surface area contributed by atoms with Gasteiger partial charge in [0.1, 0.15) is 0 Å². The highest BCUT2D eigenvalue weighted by atomic mass is 32.1. The first-order chi connectivity index (χ1) is 14.0. The molecule has 0 aliphatic carbocycles. The minimum absolute atomic E-state index is 0.425. The van der Waals surface area contributed by atoms with Crippen molar-refractivity contribution < 1.29 is 13.2 Å². The van der Waals surface area contributed by atoms with Gasteiger partial charge in [0, 0.05) is 51.6 Å². The number of fused-ring (bicyclic) bond motifs is 1. The van der Waals surface area contributed by atoms with Crippen LogP contribution in [0, 0.1) is 0 Å². The fraction of sp³-hybridized carbons (Fsp3) is 0.500. The molecule has 158 valence electrons. The standard InChI is InChI=1S/C20H26F3N5S/c1-24-19(26-10-7-18-27-17(14-29-18)20(21,22)23)25-9-4-11-28-12-8-15-5-2-3-6-16(15)13-28/h2-3,5-6,14H,4,7-13H2,1H3,(H2,24,25,26). The van der Waals surface area contributed by atoms with Crippen LogP contribution in [-0.2, 0) is 25.6 Å². The van der Waals surface area contributed by atoms with Crippen LogP contribution in [0.25, 0.3) is 0 Å². The Labute approximate surface area is 173 Å². The van der Waals surface area contributed by atoms with E-state index >= 15 is 0 Å². The predicted octanol–water partition coefficient (Wildman–Crippen LogP) is 3.32. The molecule has 0 saturated heterocycles. The lowest BCUT2D eigenvalue weighted by Crippen LogP contribution is -2.40. The lowest BCUT2D eigenvalue weighted by atomic mass is 10.00. The third-order valence-corrected chi connectivity index (χ3v) is 5.76. The number of alkyl halides is 3. The number of halogens is 3. The number of aliphatic imine (C=N–C) groups is 1. The molecule has 1 aliphatic rings. The number of nitrogens with zero attached hydrogens (tertiary/aromatic N) is 3. The van der Waals surface area contributed by atoms with Gasteiger partial charge in [0.2, 0.25) is 0 Å². The summed E-state index contributed by atoms with van der Waals surface area (Å²) in [6, 6.07) is 8.60. The van der Waals surface area contributed by atoms with Crippen LogP contribution in [0.1, 0.15) is 28.2 Å². The van der Waals surface area contributed by atoms with Gasteiger partial charge < -0.3 is 10.6 Å². The number of benzene rings is 1. The van der Waals surface area contributed by atoms with Gasteiger partial charge in [-0.3, -0.25) is 9.89 Å². The molecule has 2 aromatic rings. The highest BCUT2D eigenvalue weighted by Crippen LogP contribution is 2.30. The Morgan fingerprint density at radius 2 is 1.97 bits per heavy atom. The zero-order valence-corrected chi connectivity index (χ0v) is 17.2. The minimum atomic E-state index is -4.38. The van der Waals surface area contributed by atoms with Crippen LogP contribution in [0.4, 0.5) is 13.2 Å². The number of thiazole rings is 1. The van der Waals surface area contributed by atoms with Crippen LogP contribution in [0.15, 0.2) is 34.6 Å². The molecule has 1 aliphatic heterocycles. The average Bonchev–Trinajstić information content (AvgIpc) is 3.19. The van der Waals surface area contributed by atoms with Gasteiger partial charge in [-0.15, -0.1) is 11.3 Å². The van der Waals surface area contributed by atoms with E-state index < -0.39 is 11.9 Å². The number of hydrogen-bond donors (Lipinski definition) is 2. The SMILES string of the molecule is CN=C(NCCCN1CCc2ccccc2C1)NCCc1nc(C(F)(F)F)cs1. The maximum absolute atomic E-state index is 12.6. The smallest absolute Gasteiger partial charge is 0.356 e. The van der Waals surface area contributed by atoms with Crippen LogP contribution in [0.2, 0.25) is 0 Å². The van der Waals surface area contributed by atoms with Crippen molar-refractivity contribution >= 4 is 17.3 Å². The molecule has 0 atom stereocenters. The van der Waals surface area contributed by atoms with Crippen LogP contribution >= 0.6 is 11.3 Å². The molecule has 1 aromatic heterocycles. The summed E-state index contributed by atoms with van der Waals surface area (Å²) >= 11 is 1.03. The Morgan fingerprint density at radius 1 is 1.21 bits per heavy atom. The summed E-state index contributed by atoms with van der Waals surface area (Å²) in [5.74, 6) is 0.654. The van der Waals surface area contributed by atoms with Crippen molar-refractivity contribution in [3.05, 3.63) is 51.5 Å². The second kappa shape index (κ2) is 10.1. The minimum Gasteiger partial charge on any atom is -0.356 e. The van der Waals surface area contributed by atoms with Crippen molar-refractivity contribution in [3.63, 3.8) is 0 Å². The Bertz CT molecular complexity index is 818. The molecule has 0 unspecified atom stereocenters. The number of guanidine groups is 1. The summed E-state index contributed by atoms with van der Waals surface area (Å²) in [4.78, 5) is 10.3. The molecular weight excluding hydrogens is 399 g/mol. The zero-order valence-electron chi connectivity index (χ0n) is 16.4. The summed E-state index contributed by atoms with van der Waals surface area (Å²) in [6.45, 7) is 4.35. The summed E-state index contributed by atoms with van der Waals surface area (Å²) in [5, 5.41) is 7.91. The zero-order chi connectivity index (χ0) is 20.7. The summed E-state index contributed by atoms with van der Waals surface area (Å²) in [6.07, 6.45) is -1.87. The molecule has 9 heteroatoms. The summed E-state index contributed by atoms with van der Waals surface area (Å²) in [7, 11) is 1.68. The molecule has 3 rings (SSSR count). The Morgan fingerprint density at radius 3 is 2.69 bits per heavy atom. The van der Waals surface area contributed by atoms with E-state index in [2.05, 4.69) is 49.8 Å².